The lowest BCUT2D eigenvalue weighted by atomic mass is 9.53. The molecule has 1 saturated heterocycles. The number of piperidine rings is 1. The van der Waals surface area contributed by atoms with E-state index < -0.39 is 0 Å². The van der Waals surface area contributed by atoms with E-state index in [1.54, 1.807) is 17.7 Å². The normalized spacial score (nSPS) is 35.0. The van der Waals surface area contributed by atoms with Crippen LogP contribution in [-0.4, -0.2) is 12.6 Å². The summed E-state index contributed by atoms with van der Waals surface area (Å²) in [5.41, 5.74) is 3.61. The zero-order chi connectivity index (χ0) is 13.6. The Hall–Kier alpha value is -1.02. The first-order valence-corrected chi connectivity index (χ1v) is 8.15. The highest BCUT2D eigenvalue weighted by Crippen LogP contribution is 2.54. The molecule has 1 N–H and O–H groups in total. The van der Waals surface area contributed by atoms with Crippen LogP contribution in [0.4, 0.5) is 0 Å². The molecule has 1 heterocycles. The first kappa shape index (κ1) is 12.7. The minimum atomic E-state index is 0.439. The second kappa shape index (κ2) is 4.77. The Balaban J connectivity index is 1.83. The molecule has 2 aliphatic carbocycles. The number of rotatable bonds is 2. The van der Waals surface area contributed by atoms with E-state index in [4.69, 9.17) is 4.74 Å². The topological polar surface area (TPSA) is 21.3 Å². The van der Waals surface area contributed by atoms with Crippen LogP contribution in [0.15, 0.2) is 18.2 Å². The molecule has 1 aromatic rings. The van der Waals surface area contributed by atoms with Gasteiger partial charge in [0.25, 0.3) is 0 Å². The predicted molar refractivity (Wildman–Crippen MR) is 80.8 cm³/mol. The summed E-state index contributed by atoms with van der Waals surface area (Å²) in [6.45, 7) is 4.92. The number of hydrogen-bond donors (Lipinski definition) is 1. The minimum absolute atomic E-state index is 0.439. The molecule has 2 bridgehead atoms. The minimum Gasteiger partial charge on any atom is -0.487 e. The van der Waals surface area contributed by atoms with Crippen molar-refractivity contribution in [1.82, 2.24) is 5.32 Å². The maximum atomic E-state index is 5.65. The van der Waals surface area contributed by atoms with Crippen LogP contribution in [0.5, 0.6) is 5.75 Å². The zero-order valence-electron chi connectivity index (χ0n) is 12.3. The molecule has 2 nitrogen and oxygen atoms in total. The summed E-state index contributed by atoms with van der Waals surface area (Å²) >= 11 is 0. The molecule has 4 rings (SSSR count). The maximum absolute atomic E-state index is 5.65. The molecule has 0 spiro atoms. The summed E-state index contributed by atoms with van der Waals surface area (Å²) in [6.07, 6.45) is 8.11. The molecule has 1 aromatic carbocycles. The Labute approximate surface area is 121 Å². The fraction of sp³-hybridized carbons (Fsp3) is 0.611. The molecule has 0 unspecified atom stereocenters. The molecular formula is C18H24NO. The molecule has 1 aliphatic heterocycles. The van der Waals surface area contributed by atoms with Gasteiger partial charge in [0, 0.05) is 11.5 Å². The van der Waals surface area contributed by atoms with Crippen molar-refractivity contribution >= 4 is 0 Å². The summed E-state index contributed by atoms with van der Waals surface area (Å²) in [4.78, 5) is 0. The van der Waals surface area contributed by atoms with Crippen LogP contribution >= 0.6 is 0 Å². The average molecular weight is 270 g/mol. The SMILES string of the molecule is C[CH]Oc1ccc2c(c1)[C@@]13CCCC[C@H]1[C@@H](C2)NCC3. The van der Waals surface area contributed by atoms with E-state index in [9.17, 15) is 0 Å². The van der Waals surface area contributed by atoms with Gasteiger partial charge < -0.3 is 10.1 Å². The van der Waals surface area contributed by atoms with Gasteiger partial charge >= 0.3 is 0 Å². The lowest BCUT2D eigenvalue weighted by Gasteiger charge is -2.56. The quantitative estimate of drug-likeness (QED) is 0.886. The number of fused-ring (bicyclic) bond motifs is 1. The maximum Gasteiger partial charge on any atom is 0.132 e. The fourth-order valence-electron chi connectivity index (χ4n) is 5.11. The zero-order valence-corrected chi connectivity index (χ0v) is 12.3. The molecule has 1 radical (unpaired) electrons. The Morgan fingerprint density at radius 1 is 1.30 bits per heavy atom. The van der Waals surface area contributed by atoms with E-state index in [2.05, 4.69) is 23.5 Å². The summed E-state index contributed by atoms with van der Waals surface area (Å²) in [7, 11) is 0. The van der Waals surface area contributed by atoms with Crippen LogP contribution in [-0.2, 0) is 11.8 Å². The third kappa shape index (κ3) is 1.74. The van der Waals surface area contributed by atoms with Crippen molar-refractivity contribution in [1.29, 1.82) is 0 Å². The van der Waals surface area contributed by atoms with Gasteiger partial charge in [-0.25, -0.2) is 0 Å². The van der Waals surface area contributed by atoms with E-state index >= 15 is 0 Å². The van der Waals surface area contributed by atoms with E-state index in [1.807, 2.05) is 6.92 Å². The van der Waals surface area contributed by atoms with Crippen molar-refractivity contribution in [3.8, 4) is 5.75 Å². The highest BCUT2D eigenvalue weighted by atomic mass is 16.5. The van der Waals surface area contributed by atoms with Gasteiger partial charge in [-0.15, -0.1) is 0 Å². The molecule has 2 heteroatoms. The van der Waals surface area contributed by atoms with Crippen LogP contribution in [0.1, 0.15) is 50.2 Å². The third-order valence-corrected chi connectivity index (χ3v) is 5.87. The molecule has 3 atom stereocenters. The van der Waals surface area contributed by atoms with Crippen LogP contribution in [0.2, 0.25) is 0 Å². The van der Waals surface area contributed by atoms with Gasteiger partial charge in [-0.2, -0.15) is 0 Å². The van der Waals surface area contributed by atoms with Gasteiger partial charge in [-0.3, -0.25) is 0 Å². The second-order valence-corrected chi connectivity index (χ2v) is 6.70. The second-order valence-electron chi connectivity index (χ2n) is 6.70. The fourth-order valence-corrected chi connectivity index (χ4v) is 5.11. The number of nitrogens with one attached hydrogen (secondary N) is 1. The summed E-state index contributed by atoms with van der Waals surface area (Å²) in [6, 6.07) is 7.49. The molecule has 2 fully saturated rings. The van der Waals surface area contributed by atoms with Crippen LogP contribution in [0.25, 0.3) is 0 Å². The first-order valence-electron chi connectivity index (χ1n) is 8.15. The molecule has 20 heavy (non-hydrogen) atoms. The standard InChI is InChI=1S/C18H24NO/c1-2-20-14-7-6-13-11-17-15-5-3-4-8-18(15,9-10-19-17)16(13)12-14/h2,6-7,12,15,17,19H,3-5,8-11H2,1H3/t15-,17+,18+/m0/s1. The number of ether oxygens (including phenoxy) is 1. The van der Waals surface area contributed by atoms with Gasteiger partial charge in [0.2, 0.25) is 0 Å². The summed E-state index contributed by atoms with van der Waals surface area (Å²) in [5, 5.41) is 3.79. The van der Waals surface area contributed by atoms with Gasteiger partial charge in [-0.05, 0) is 68.3 Å². The molecular weight excluding hydrogens is 246 g/mol. The number of hydrogen-bond acceptors (Lipinski definition) is 2. The van der Waals surface area contributed by atoms with E-state index in [-0.39, 0.29) is 0 Å². The molecule has 0 amide bonds. The van der Waals surface area contributed by atoms with Crippen molar-refractivity contribution in [3.05, 3.63) is 35.9 Å². The van der Waals surface area contributed by atoms with Crippen molar-refractivity contribution in [3.63, 3.8) is 0 Å². The summed E-state index contributed by atoms with van der Waals surface area (Å²) < 4.78 is 5.65. The monoisotopic (exact) mass is 270 g/mol. The van der Waals surface area contributed by atoms with Gasteiger partial charge in [0.05, 0.1) is 0 Å². The summed E-state index contributed by atoms with van der Waals surface area (Å²) in [5.74, 6) is 1.86. The third-order valence-electron chi connectivity index (χ3n) is 5.87. The molecule has 107 valence electrons. The Bertz CT molecular complexity index is 508. The highest BCUT2D eigenvalue weighted by Gasteiger charge is 2.51. The van der Waals surface area contributed by atoms with E-state index in [1.165, 1.54) is 45.1 Å². The average Bonchev–Trinajstić information content (AvgIpc) is 2.48. The molecule has 3 aliphatic rings. The Kier molecular flexibility index (Phi) is 3.03. The van der Waals surface area contributed by atoms with E-state index in [0.29, 0.717) is 11.5 Å². The molecule has 0 aromatic heterocycles. The van der Waals surface area contributed by atoms with Crippen molar-refractivity contribution in [2.75, 3.05) is 6.54 Å². The van der Waals surface area contributed by atoms with Crippen LogP contribution < -0.4 is 10.1 Å². The van der Waals surface area contributed by atoms with Gasteiger partial charge in [0.1, 0.15) is 12.4 Å². The van der Waals surface area contributed by atoms with Crippen molar-refractivity contribution in [2.45, 2.75) is 56.9 Å². The lowest BCUT2D eigenvalue weighted by molar-refractivity contribution is 0.0795. The number of benzene rings is 1. The van der Waals surface area contributed by atoms with Crippen molar-refractivity contribution < 1.29 is 4.74 Å². The Morgan fingerprint density at radius 2 is 2.25 bits per heavy atom. The lowest BCUT2D eigenvalue weighted by Crippen LogP contribution is -2.59. The largest absolute Gasteiger partial charge is 0.487 e. The van der Waals surface area contributed by atoms with E-state index in [0.717, 1.165) is 11.7 Å². The predicted octanol–water partition coefficient (Wildman–Crippen LogP) is 3.59. The molecule has 1 saturated carbocycles. The Morgan fingerprint density at radius 3 is 3.15 bits per heavy atom. The highest BCUT2D eigenvalue weighted by molar-refractivity contribution is 5.45. The van der Waals surface area contributed by atoms with Gasteiger partial charge in [-0.1, -0.05) is 18.9 Å². The van der Waals surface area contributed by atoms with Crippen LogP contribution in [0, 0.1) is 12.5 Å². The smallest absolute Gasteiger partial charge is 0.132 e. The first-order chi connectivity index (χ1) is 9.83. The van der Waals surface area contributed by atoms with Crippen molar-refractivity contribution in [2.24, 2.45) is 5.92 Å². The van der Waals surface area contributed by atoms with Crippen LogP contribution in [0.3, 0.4) is 0 Å². The van der Waals surface area contributed by atoms with Gasteiger partial charge in [0.15, 0.2) is 0 Å².